The smallest absolute Gasteiger partial charge is 0.422 e. The Morgan fingerprint density at radius 2 is 1.12 bits per heavy atom. The molecular formula is C23H19N7O4. The highest BCUT2D eigenvalue weighted by Crippen LogP contribution is 2.23. The van der Waals surface area contributed by atoms with Crippen molar-refractivity contribution in [2.24, 2.45) is 0 Å². The molecule has 0 amide bonds. The predicted octanol–water partition coefficient (Wildman–Crippen LogP) is 2.21. The highest BCUT2D eigenvalue weighted by atomic mass is 16.5. The van der Waals surface area contributed by atoms with Crippen LogP contribution in [0.1, 0.15) is 22.5 Å². The monoisotopic (exact) mass is 457 g/mol. The van der Waals surface area contributed by atoms with Crippen LogP contribution >= 0.6 is 0 Å². The van der Waals surface area contributed by atoms with Crippen LogP contribution in [-0.4, -0.2) is 62.1 Å². The van der Waals surface area contributed by atoms with E-state index in [2.05, 4.69) is 34.0 Å². The molecule has 0 saturated heterocycles. The molecular weight excluding hydrogens is 438 g/mol. The van der Waals surface area contributed by atoms with E-state index in [0.29, 0.717) is 45.3 Å². The summed E-state index contributed by atoms with van der Waals surface area (Å²) >= 11 is 0. The number of aryl methyl sites for hydroxylation is 2. The van der Waals surface area contributed by atoms with Gasteiger partial charge < -0.3 is 20.5 Å². The van der Waals surface area contributed by atoms with Crippen molar-refractivity contribution >= 4 is 23.4 Å². The molecule has 0 aliphatic carbocycles. The van der Waals surface area contributed by atoms with Crippen molar-refractivity contribution in [2.45, 2.75) is 13.8 Å². The number of pyridine rings is 3. The van der Waals surface area contributed by atoms with Gasteiger partial charge in [-0.15, -0.1) is 0 Å². The summed E-state index contributed by atoms with van der Waals surface area (Å²) in [6.45, 7) is 3.44. The summed E-state index contributed by atoms with van der Waals surface area (Å²) in [4.78, 5) is 43.5. The molecule has 3 aromatic heterocycles. The maximum absolute atomic E-state index is 11.9. The van der Waals surface area contributed by atoms with E-state index in [1.54, 1.807) is 56.3 Å². The summed E-state index contributed by atoms with van der Waals surface area (Å²) in [5.74, 6) is -1.60. The number of nitrogens with zero attached hydrogens (tertiary/aromatic N) is 7. The summed E-state index contributed by atoms with van der Waals surface area (Å²) in [7, 11) is 2.37. The van der Waals surface area contributed by atoms with E-state index in [0.717, 1.165) is 0 Å². The largest absolute Gasteiger partial charge is 0.460 e. The second-order valence-corrected chi connectivity index (χ2v) is 7.05. The van der Waals surface area contributed by atoms with Gasteiger partial charge in [0, 0.05) is 11.4 Å². The molecule has 0 aliphatic rings. The number of carbonyl (C=O) groups is 2. The Labute approximate surface area is 194 Å². The molecule has 34 heavy (non-hydrogen) atoms. The quantitative estimate of drug-likeness (QED) is 0.237. The van der Waals surface area contributed by atoms with E-state index in [1.165, 1.54) is 14.2 Å². The van der Waals surface area contributed by atoms with Gasteiger partial charge in [-0.2, -0.15) is 9.58 Å². The van der Waals surface area contributed by atoms with Crippen molar-refractivity contribution in [3.8, 4) is 22.8 Å². The molecule has 0 unspecified atom stereocenters. The number of carbonyl (C=O) groups excluding carboxylic acids is 2. The first-order valence-electron chi connectivity index (χ1n) is 9.88. The van der Waals surface area contributed by atoms with E-state index in [4.69, 9.17) is 0 Å². The van der Waals surface area contributed by atoms with Crippen LogP contribution in [0.15, 0.2) is 42.5 Å². The molecule has 170 valence electrons. The maximum Gasteiger partial charge on any atom is 0.422 e. The lowest BCUT2D eigenvalue weighted by Crippen LogP contribution is -2.19. The third-order valence-electron chi connectivity index (χ3n) is 4.69. The van der Waals surface area contributed by atoms with Crippen molar-refractivity contribution in [1.82, 2.24) is 15.0 Å². The lowest BCUT2D eigenvalue weighted by atomic mass is 10.1. The Balaban J connectivity index is 2.11. The molecule has 0 saturated carbocycles. The predicted molar refractivity (Wildman–Crippen MR) is 120 cm³/mol. The minimum Gasteiger partial charge on any atom is -0.460 e. The summed E-state index contributed by atoms with van der Waals surface area (Å²) in [6, 6.07) is 11.4. The third-order valence-corrected chi connectivity index (χ3v) is 4.69. The molecule has 0 atom stereocenters. The van der Waals surface area contributed by atoms with Crippen molar-refractivity contribution in [3.05, 3.63) is 76.0 Å². The number of methoxy groups -OCH3 is 2. The number of aromatic nitrogens is 3. The minimum atomic E-state index is -0.802. The van der Waals surface area contributed by atoms with E-state index < -0.39 is 11.9 Å². The highest BCUT2D eigenvalue weighted by Gasteiger charge is 2.26. The molecule has 3 rings (SSSR count). The van der Waals surface area contributed by atoms with Crippen LogP contribution in [0.5, 0.6) is 0 Å². The van der Waals surface area contributed by atoms with Gasteiger partial charge in [-0.05, 0) is 50.2 Å². The van der Waals surface area contributed by atoms with E-state index in [1.807, 2.05) is 0 Å². The fraction of sp³-hybridized carbons (Fsp3) is 0.174. The molecule has 3 aromatic rings. The number of hydrogen-bond acceptors (Lipinski definition) is 7. The van der Waals surface area contributed by atoms with Crippen LogP contribution in [0.4, 0.5) is 0 Å². The first-order valence-corrected chi connectivity index (χ1v) is 9.88. The second kappa shape index (κ2) is 10.2. The van der Waals surface area contributed by atoms with Crippen molar-refractivity contribution in [2.75, 3.05) is 14.2 Å². The zero-order valence-electron chi connectivity index (χ0n) is 18.8. The summed E-state index contributed by atoms with van der Waals surface area (Å²) in [5.41, 5.74) is 21.5. The molecule has 11 nitrogen and oxygen atoms in total. The average molecular weight is 457 g/mol. The number of hydrogen-bond donors (Lipinski definition) is 0. The van der Waals surface area contributed by atoms with Gasteiger partial charge in [-0.1, -0.05) is 6.07 Å². The Kier molecular flexibility index (Phi) is 7.13. The van der Waals surface area contributed by atoms with Crippen LogP contribution in [0.2, 0.25) is 0 Å². The maximum atomic E-state index is 11.9. The third kappa shape index (κ3) is 4.97. The zero-order chi connectivity index (χ0) is 24.8. The molecule has 0 radical (unpaired) electrons. The van der Waals surface area contributed by atoms with Crippen LogP contribution in [0.3, 0.4) is 0 Å². The standard InChI is InChI=1S/C23H19N7O4/c1-12-8-14(20(29-24)22(31)33-3)10-18(26-12)16-6-5-7-17(28-16)19-11-15(9-13(2)27-19)21(30-25)23(32)34-4/h5-11H,1-4H3. The summed E-state index contributed by atoms with van der Waals surface area (Å²) in [6.07, 6.45) is 0. The fourth-order valence-electron chi connectivity index (χ4n) is 3.22. The zero-order valence-corrected chi connectivity index (χ0v) is 18.8. The van der Waals surface area contributed by atoms with Crippen LogP contribution in [-0.2, 0) is 19.1 Å². The first-order chi connectivity index (χ1) is 16.3. The summed E-state index contributed by atoms with van der Waals surface area (Å²) < 4.78 is 9.32. The lowest BCUT2D eigenvalue weighted by molar-refractivity contribution is -0.137. The van der Waals surface area contributed by atoms with E-state index in [9.17, 15) is 20.7 Å². The number of rotatable bonds is 6. The van der Waals surface area contributed by atoms with Gasteiger partial charge in [0.1, 0.15) is 0 Å². The molecule has 0 aliphatic heterocycles. The molecule has 0 aromatic carbocycles. The molecule has 0 fully saturated rings. The van der Waals surface area contributed by atoms with E-state index >= 15 is 0 Å². The lowest BCUT2D eigenvalue weighted by Gasteiger charge is -2.08. The van der Waals surface area contributed by atoms with Gasteiger partial charge in [-0.25, -0.2) is 14.6 Å². The van der Waals surface area contributed by atoms with Crippen LogP contribution < -0.4 is 0 Å². The molecule has 0 spiro atoms. The SMILES string of the molecule is COC(=O)C(=[N+]=[N-])c1cc(C)nc(-c2cccc(-c3cc(C(=[N+]=[N-])C(=O)OC)cc(C)n3)n2)c1. The van der Waals surface area contributed by atoms with Gasteiger partial charge in [0.25, 0.3) is 0 Å². The van der Waals surface area contributed by atoms with E-state index in [-0.39, 0.29) is 11.4 Å². The first kappa shape index (κ1) is 23.8. The van der Waals surface area contributed by atoms with Crippen LogP contribution in [0.25, 0.3) is 33.8 Å². The highest BCUT2D eigenvalue weighted by molar-refractivity contribution is 6.41. The number of esters is 2. The Bertz CT molecular complexity index is 1300. The number of ether oxygens (including phenoxy) is 2. The molecule has 3 heterocycles. The fourth-order valence-corrected chi connectivity index (χ4v) is 3.22. The molecule has 11 heteroatoms. The van der Waals surface area contributed by atoms with Crippen molar-refractivity contribution in [3.63, 3.8) is 0 Å². The minimum absolute atomic E-state index is 0.269. The molecule has 0 N–H and O–H groups in total. The average Bonchev–Trinajstić information content (AvgIpc) is 2.84. The normalized spacial score (nSPS) is 10.0. The second-order valence-electron chi connectivity index (χ2n) is 7.05. The topological polar surface area (TPSA) is 164 Å². The Hall–Kier alpha value is -4.85. The van der Waals surface area contributed by atoms with Gasteiger partial charge in [-0.3, -0.25) is 9.97 Å². The Morgan fingerprint density at radius 3 is 1.47 bits per heavy atom. The molecule has 0 bridgehead atoms. The van der Waals surface area contributed by atoms with Crippen molar-refractivity contribution in [1.29, 1.82) is 0 Å². The summed E-state index contributed by atoms with van der Waals surface area (Å²) in [5, 5.41) is 0. The van der Waals surface area contributed by atoms with Gasteiger partial charge in [0.2, 0.25) is 0 Å². The van der Waals surface area contributed by atoms with Gasteiger partial charge >= 0.3 is 23.4 Å². The van der Waals surface area contributed by atoms with Gasteiger partial charge in [0.05, 0.1) is 48.1 Å². The van der Waals surface area contributed by atoms with Crippen molar-refractivity contribution < 1.29 is 28.6 Å². The van der Waals surface area contributed by atoms with Gasteiger partial charge in [0.15, 0.2) is 0 Å². The van der Waals surface area contributed by atoms with Crippen LogP contribution in [0, 0.1) is 13.8 Å². The Morgan fingerprint density at radius 1 is 0.706 bits per heavy atom.